The molecule has 1 aromatic carbocycles. The standard InChI is InChI=1S/C13H16N4OS/c1-10-5-3-7-12(9-10)17-13(14-15-16-17)19-8-4-6-11(2)18/h3,5,7,9H,4,6,8H2,1-2H3. The van der Waals surface area contributed by atoms with E-state index in [0.29, 0.717) is 6.42 Å². The lowest BCUT2D eigenvalue weighted by Crippen LogP contribution is -2.00. The molecule has 0 aliphatic rings. The highest BCUT2D eigenvalue weighted by atomic mass is 32.2. The van der Waals surface area contributed by atoms with Gasteiger partial charge in [0.25, 0.3) is 0 Å². The Bertz CT molecular complexity index is 567. The molecule has 5 nitrogen and oxygen atoms in total. The Labute approximate surface area is 116 Å². The van der Waals surface area contributed by atoms with Gasteiger partial charge in [-0.15, -0.1) is 5.10 Å². The van der Waals surface area contributed by atoms with Gasteiger partial charge in [0.05, 0.1) is 5.69 Å². The summed E-state index contributed by atoms with van der Waals surface area (Å²) < 4.78 is 1.73. The molecule has 0 aliphatic heterocycles. The first kappa shape index (κ1) is 13.7. The lowest BCUT2D eigenvalue weighted by atomic mass is 10.2. The fourth-order valence-corrected chi connectivity index (χ4v) is 2.50. The van der Waals surface area contributed by atoms with Crippen LogP contribution in [0.2, 0.25) is 0 Å². The Morgan fingerprint density at radius 1 is 1.42 bits per heavy atom. The van der Waals surface area contributed by atoms with Crippen LogP contribution in [0.3, 0.4) is 0 Å². The maximum absolute atomic E-state index is 10.9. The van der Waals surface area contributed by atoms with E-state index >= 15 is 0 Å². The van der Waals surface area contributed by atoms with E-state index in [1.807, 2.05) is 31.2 Å². The molecule has 100 valence electrons. The Hall–Kier alpha value is -1.69. The minimum absolute atomic E-state index is 0.221. The van der Waals surface area contributed by atoms with Crippen LogP contribution in [-0.4, -0.2) is 31.7 Å². The lowest BCUT2D eigenvalue weighted by Gasteiger charge is -2.04. The first-order chi connectivity index (χ1) is 9.16. The normalized spacial score (nSPS) is 10.6. The topological polar surface area (TPSA) is 60.7 Å². The van der Waals surface area contributed by atoms with E-state index in [4.69, 9.17) is 0 Å². The van der Waals surface area contributed by atoms with Crippen LogP contribution < -0.4 is 0 Å². The minimum atomic E-state index is 0.221. The summed E-state index contributed by atoms with van der Waals surface area (Å²) >= 11 is 1.57. The molecule has 0 spiro atoms. The molecule has 2 rings (SSSR count). The van der Waals surface area contributed by atoms with Crippen LogP contribution in [-0.2, 0) is 4.79 Å². The highest BCUT2D eigenvalue weighted by Gasteiger charge is 2.08. The van der Waals surface area contributed by atoms with Crippen LogP contribution in [0.1, 0.15) is 25.3 Å². The number of carbonyl (C=O) groups is 1. The second-order valence-corrected chi connectivity index (χ2v) is 5.43. The van der Waals surface area contributed by atoms with E-state index in [-0.39, 0.29) is 5.78 Å². The van der Waals surface area contributed by atoms with Crippen molar-refractivity contribution >= 4 is 17.5 Å². The molecular formula is C13H16N4OS. The zero-order chi connectivity index (χ0) is 13.7. The van der Waals surface area contributed by atoms with E-state index in [2.05, 4.69) is 15.5 Å². The van der Waals surface area contributed by atoms with Crippen LogP contribution >= 0.6 is 11.8 Å². The number of hydrogen-bond donors (Lipinski definition) is 0. The van der Waals surface area contributed by atoms with Crippen molar-refractivity contribution < 1.29 is 4.79 Å². The van der Waals surface area contributed by atoms with Crippen molar-refractivity contribution in [2.24, 2.45) is 0 Å². The summed E-state index contributed by atoms with van der Waals surface area (Å²) in [5.74, 6) is 1.06. The van der Waals surface area contributed by atoms with Gasteiger partial charge in [-0.05, 0) is 48.4 Å². The molecule has 0 aliphatic carbocycles. The molecule has 1 heterocycles. The molecule has 0 N–H and O–H groups in total. The molecule has 2 aromatic rings. The van der Waals surface area contributed by atoms with Crippen molar-refractivity contribution in [1.82, 2.24) is 20.2 Å². The molecule has 0 unspecified atom stereocenters. The van der Waals surface area contributed by atoms with Crippen molar-refractivity contribution in [3.63, 3.8) is 0 Å². The maximum Gasteiger partial charge on any atom is 0.214 e. The van der Waals surface area contributed by atoms with Gasteiger partial charge < -0.3 is 4.79 Å². The Kier molecular flexibility index (Phi) is 4.68. The third-order valence-electron chi connectivity index (χ3n) is 2.59. The van der Waals surface area contributed by atoms with Gasteiger partial charge in [0.2, 0.25) is 5.16 Å². The van der Waals surface area contributed by atoms with Crippen molar-refractivity contribution in [3.05, 3.63) is 29.8 Å². The predicted molar refractivity (Wildman–Crippen MR) is 74.5 cm³/mol. The SMILES string of the molecule is CC(=O)CCCSc1nnnn1-c1cccc(C)c1. The summed E-state index contributed by atoms with van der Waals surface area (Å²) in [6.45, 7) is 3.65. The third kappa shape index (κ3) is 3.89. The molecule has 0 saturated carbocycles. The number of carbonyl (C=O) groups excluding carboxylic acids is 1. The van der Waals surface area contributed by atoms with Gasteiger partial charge in [-0.1, -0.05) is 23.9 Å². The lowest BCUT2D eigenvalue weighted by molar-refractivity contribution is -0.117. The number of benzene rings is 1. The molecule has 0 atom stereocenters. The number of thioether (sulfide) groups is 1. The average molecular weight is 276 g/mol. The molecule has 0 fully saturated rings. The molecular weight excluding hydrogens is 260 g/mol. The highest BCUT2D eigenvalue weighted by Crippen LogP contribution is 2.19. The number of aromatic nitrogens is 4. The van der Waals surface area contributed by atoms with Gasteiger partial charge in [-0.25, -0.2) is 0 Å². The van der Waals surface area contributed by atoms with E-state index in [0.717, 1.165) is 23.0 Å². The van der Waals surface area contributed by atoms with Crippen LogP contribution in [0.25, 0.3) is 5.69 Å². The summed E-state index contributed by atoms with van der Waals surface area (Å²) in [5, 5.41) is 12.5. The van der Waals surface area contributed by atoms with Gasteiger partial charge in [0.1, 0.15) is 5.78 Å². The monoisotopic (exact) mass is 276 g/mol. The number of nitrogens with zero attached hydrogens (tertiary/aromatic N) is 4. The van der Waals surface area contributed by atoms with Crippen molar-refractivity contribution in [3.8, 4) is 5.69 Å². The number of hydrogen-bond acceptors (Lipinski definition) is 5. The van der Waals surface area contributed by atoms with E-state index < -0.39 is 0 Å². The summed E-state index contributed by atoms with van der Waals surface area (Å²) in [6, 6.07) is 8.03. The summed E-state index contributed by atoms with van der Waals surface area (Å²) in [4.78, 5) is 10.9. The van der Waals surface area contributed by atoms with Crippen molar-refractivity contribution in [1.29, 1.82) is 0 Å². The Morgan fingerprint density at radius 3 is 3.00 bits per heavy atom. The quantitative estimate of drug-likeness (QED) is 0.599. The van der Waals surface area contributed by atoms with Gasteiger partial charge >= 0.3 is 0 Å². The summed E-state index contributed by atoms with van der Waals surface area (Å²) in [6.07, 6.45) is 1.46. The van der Waals surface area contributed by atoms with Crippen LogP contribution in [0.4, 0.5) is 0 Å². The smallest absolute Gasteiger partial charge is 0.214 e. The van der Waals surface area contributed by atoms with Crippen molar-refractivity contribution in [2.75, 3.05) is 5.75 Å². The number of tetrazole rings is 1. The molecule has 0 radical (unpaired) electrons. The van der Waals surface area contributed by atoms with E-state index in [1.165, 1.54) is 5.56 Å². The van der Waals surface area contributed by atoms with Gasteiger partial charge in [0.15, 0.2) is 0 Å². The fourth-order valence-electron chi connectivity index (χ4n) is 1.68. The molecule has 0 saturated heterocycles. The van der Waals surface area contributed by atoms with Gasteiger partial charge in [0, 0.05) is 12.2 Å². The average Bonchev–Trinajstić information content (AvgIpc) is 2.83. The predicted octanol–water partition coefficient (Wildman–Crippen LogP) is 2.43. The van der Waals surface area contributed by atoms with E-state index in [9.17, 15) is 4.79 Å². The first-order valence-corrected chi connectivity index (χ1v) is 7.13. The van der Waals surface area contributed by atoms with Crippen LogP contribution in [0, 0.1) is 6.92 Å². The number of aryl methyl sites for hydroxylation is 1. The summed E-state index contributed by atoms with van der Waals surface area (Å²) in [5.41, 5.74) is 2.12. The van der Waals surface area contributed by atoms with Crippen molar-refractivity contribution in [2.45, 2.75) is 31.8 Å². The zero-order valence-electron chi connectivity index (χ0n) is 11.0. The van der Waals surface area contributed by atoms with Gasteiger partial charge in [-0.2, -0.15) is 4.68 Å². The summed E-state index contributed by atoms with van der Waals surface area (Å²) in [7, 11) is 0. The second kappa shape index (κ2) is 6.47. The number of ketones is 1. The molecule has 19 heavy (non-hydrogen) atoms. The number of rotatable bonds is 6. The van der Waals surface area contributed by atoms with E-state index in [1.54, 1.807) is 23.4 Å². The van der Waals surface area contributed by atoms with Gasteiger partial charge in [-0.3, -0.25) is 0 Å². The Balaban J connectivity index is 2.03. The molecule has 1 aromatic heterocycles. The second-order valence-electron chi connectivity index (χ2n) is 4.37. The van der Waals surface area contributed by atoms with Crippen LogP contribution in [0.15, 0.2) is 29.4 Å². The minimum Gasteiger partial charge on any atom is -0.300 e. The highest BCUT2D eigenvalue weighted by molar-refractivity contribution is 7.99. The molecule has 0 amide bonds. The fraction of sp³-hybridized carbons (Fsp3) is 0.385. The maximum atomic E-state index is 10.9. The molecule has 6 heteroatoms. The zero-order valence-corrected chi connectivity index (χ0v) is 11.9. The number of Topliss-reactive ketones (excluding diaryl/α,β-unsaturated/α-hetero) is 1. The Morgan fingerprint density at radius 2 is 2.26 bits per heavy atom. The first-order valence-electron chi connectivity index (χ1n) is 6.14. The molecule has 0 bridgehead atoms. The third-order valence-corrected chi connectivity index (χ3v) is 3.60. The van der Waals surface area contributed by atoms with Crippen LogP contribution in [0.5, 0.6) is 0 Å². The largest absolute Gasteiger partial charge is 0.300 e.